The summed E-state index contributed by atoms with van der Waals surface area (Å²) in [6.45, 7) is 0.689. The minimum atomic E-state index is 0.478. The number of rotatable bonds is 3. The number of benzene rings is 1. The van der Waals surface area contributed by atoms with E-state index in [0.717, 1.165) is 0 Å². The Kier molecular flexibility index (Phi) is 4.17. The van der Waals surface area contributed by atoms with Crippen LogP contribution in [0.2, 0.25) is 0 Å². The van der Waals surface area contributed by atoms with E-state index in [2.05, 4.69) is 16.3 Å². The maximum absolute atomic E-state index is 5.01. The van der Waals surface area contributed by atoms with Gasteiger partial charge in [0, 0.05) is 6.54 Å². The summed E-state index contributed by atoms with van der Waals surface area (Å²) in [4.78, 5) is 0. The third kappa shape index (κ3) is 3.84. The van der Waals surface area contributed by atoms with E-state index in [0.29, 0.717) is 11.7 Å². The first-order valence-electron chi connectivity index (χ1n) is 3.86. The van der Waals surface area contributed by atoms with Crippen LogP contribution in [0.15, 0.2) is 30.3 Å². The van der Waals surface area contributed by atoms with Gasteiger partial charge in [0.05, 0.1) is 0 Å². The summed E-state index contributed by atoms with van der Waals surface area (Å²) in [5.74, 6) is 5.01. The highest BCUT2D eigenvalue weighted by atomic mass is 32.1. The molecule has 0 saturated carbocycles. The van der Waals surface area contributed by atoms with Gasteiger partial charge in [-0.05, 0) is 17.8 Å². The summed E-state index contributed by atoms with van der Waals surface area (Å²) in [7, 11) is 0. The van der Waals surface area contributed by atoms with Crippen LogP contribution in [0.3, 0.4) is 0 Å². The Balaban J connectivity index is 2.31. The summed E-state index contributed by atoms with van der Waals surface area (Å²) in [5.41, 5.74) is 5.98. The van der Waals surface area contributed by atoms with Crippen molar-refractivity contribution in [1.29, 1.82) is 0 Å². The zero-order valence-electron chi connectivity index (χ0n) is 7.08. The predicted octanol–water partition coefficient (Wildman–Crippen LogP) is 0.0290. The number of hydrazine groups is 2. The van der Waals surface area contributed by atoms with Crippen LogP contribution in [0, 0.1) is 0 Å². The Morgan fingerprint density at radius 2 is 2.00 bits per heavy atom. The molecule has 0 amide bonds. The molecule has 5 N–H and O–H groups in total. The van der Waals surface area contributed by atoms with E-state index in [-0.39, 0.29) is 0 Å². The maximum atomic E-state index is 5.01. The molecule has 1 aromatic rings. The fourth-order valence-corrected chi connectivity index (χ4v) is 1.02. The molecule has 0 heterocycles. The van der Waals surface area contributed by atoms with Crippen LogP contribution in [0.25, 0.3) is 0 Å². The monoisotopic (exact) mass is 196 g/mol. The molecule has 1 rings (SSSR count). The second kappa shape index (κ2) is 5.47. The highest BCUT2D eigenvalue weighted by molar-refractivity contribution is 7.80. The van der Waals surface area contributed by atoms with Gasteiger partial charge in [-0.3, -0.25) is 11.3 Å². The quantitative estimate of drug-likeness (QED) is 0.312. The van der Waals surface area contributed by atoms with Gasteiger partial charge in [0.25, 0.3) is 0 Å². The lowest BCUT2D eigenvalue weighted by Gasteiger charge is -2.08. The lowest BCUT2D eigenvalue weighted by atomic mass is 10.2. The first-order chi connectivity index (χ1) is 6.33. The second-order valence-corrected chi connectivity index (χ2v) is 2.85. The molecule has 13 heavy (non-hydrogen) atoms. The molecule has 4 nitrogen and oxygen atoms in total. The molecule has 0 aliphatic heterocycles. The van der Waals surface area contributed by atoms with E-state index in [4.69, 9.17) is 18.1 Å². The number of hydrogen-bond acceptors (Lipinski definition) is 3. The zero-order valence-corrected chi connectivity index (χ0v) is 7.90. The Morgan fingerprint density at radius 3 is 2.62 bits per heavy atom. The summed E-state index contributed by atoms with van der Waals surface area (Å²) in [5, 5.41) is 3.46. The van der Waals surface area contributed by atoms with Gasteiger partial charge in [0.1, 0.15) is 0 Å². The zero-order chi connectivity index (χ0) is 9.52. The van der Waals surface area contributed by atoms with Crippen molar-refractivity contribution in [3.05, 3.63) is 35.9 Å². The Hall–Kier alpha value is -1.17. The first-order valence-corrected chi connectivity index (χ1v) is 4.27. The minimum Gasteiger partial charge on any atom is -0.358 e. The van der Waals surface area contributed by atoms with Gasteiger partial charge < -0.3 is 5.32 Å². The lowest BCUT2D eigenvalue weighted by molar-refractivity contribution is 0.678. The van der Waals surface area contributed by atoms with E-state index >= 15 is 0 Å². The number of thiocarbonyl (C=S) groups is 1. The fraction of sp³-hybridized carbons (Fsp3) is 0.125. The average Bonchev–Trinajstić information content (AvgIpc) is 2.17. The normalized spacial score (nSPS) is 9.31. The van der Waals surface area contributed by atoms with Crippen molar-refractivity contribution in [2.45, 2.75) is 6.54 Å². The Labute approximate surface area is 82.4 Å². The van der Waals surface area contributed by atoms with Crippen molar-refractivity contribution in [3.8, 4) is 0 Å². The molecule has 0 aromatic heterocycles. The molecule has 0 aliphatic carbocycles. The van der Waals surface area contributed by atoms with Crippen LogP contribution in [0.1, 0.15) is 5.56 Å². The molecular formula is C8H12N4S. The summed E-state index contributed by atoms with van der Waals surface area (Å²) in [6.07, 6.45) is 0. The molecule has 0 radical (unpaired) electrons. The molecule has 0 atom stereocenters. The van der Waals surface area contributed by atoms with Gasteiger partial charge in [-0.25, -0.2) is 0 Å². The van der Waals surface area contributed by atoms with Crippen LogP contribution in [-0.2, 0) is 6.54 Å². The van der Waals surface area contributed by atoms with Gasteiger partial charge in [-0.1, -0.05) is 30.3 Å². The molecule has 0 saturated heterocycles. The molecule has 70 valence electrons. The molecule has 0 spiro atoms. The Bertz CT molecular complexity index is 262. The van der Waals surface area contributed by atoms with Gasteiger partial charge in [0.15, 0.2) is 5.11 Å². The fourth-order valence-electron chi connectivity index (χ4n) is 0.888. The summed E-state index contributed by atoms with van der Waals surface area (Å²) >= 11 is 4.89. The topological polar surface area (TPSA) is 62.1 Å². The van der Waals surface area contributed by atoms with Gasteiger partial charge >= 0.3 is 0 Å². The average molecular weight is 196 g/mol. The van der Waals surface area contributed by atoms with Crippen LogP contribution < -0.4 is 22.1 Å². The third-order valence-electron chi connectivity index (χ3n) is 1.48. The number of hydrogen-bond donors (Lipinski definition) is 4. The van der Waals surface area contributed by atoms with Crippen molar-refractivity contribution in [1.82, 2.24) is 16.3 Å². The van der Waals surface area contributed by atoms with Crippen LogP contribution >= 0.6 is 12.2 Å². The standard InChI is InChI=1S/C8H12N4S/c9-12-11-8(13)10-6-7-4-2-1-3-5-7/h1-5,12H,6,9H2,(H2,10,11,13). The summed E-state index contributed by atoms with van der Waals surface area (Å²) < 4.78 is 0. The smallest absolute Gasteiger partial charge is 0.182 e. The van der Waals surface area contributed by atoms with Gasteiger partial charge in [0.2, 0.25) is 0 Å². The maximum Gasteiger partial charge on any atom is 0.182 e. The van der Waals surface area contributed by atoms with Crippen molar-refractivity contribution in [3.63, 3.8) is 0 Å². The highest BCUT2D eigenvalue weighted by Crippen LogP contribution is 1.96. The highest BCUT2D eigenvalue weighted by Gasteiger charge is 1.92. The molecule has 0 unspecified atom stereocenters. The van der Waals surface area contributed by atoms with Crippen molar-refractivity contribution in [2.24, 2.45) is 5.84 Å². The van der Waals surface area contributed by atoms with Gasteiger partial charge in [-0.2, -0.15) is 5.53 Å². The third-order valence-corrected chi connectivity index (χ3v) is 1.73. The molecule has 0 bridgehead atoms. The van der Waals surface area contributed by atoms with Gasteiger partial charge in [-0.15, -0.1) is 0 Å². The van der Waals surface area contributed by atoms with Crippen LogP contribution in [0.4, 0.5) is 0 Å². The predicted molar refractivity (Wildman–Crippen MR) is 56.3 cm³/mol. The number of nitrogens with two attached hydrogens (primary N) is 1. The molecule has 0 aliphatic rings. The molecular weight excluding hydrogens is 184 g/mol. The van der Waals surface area contributed by atoms with E-state index in [1.54, 1.807) is 0 Å². The van der Waals surface area contributed by atoms with E-state index < -0.39 is 0 Å². The van der Waals surface area contributed by atoms with E-state index in [9.17, 15) is 0 Å². The molecule has 0 fully saturated rings. The molecule has 5 heteroatoms. The molecule has 1 aromatic carbocycles. The van der Waals surface area contributed by atoms with Crippen molar-refractivity contribution in [2.75, 3.05) is 0 Å². The SMILES string of the molecule is NNNC(=S)NCc1ccccc1. The number of nitrogens with one attached hydrogen (secondary N) is 3. The van der Waals surface area contributed by atoms with Crippen molar-refractivity contribution >= 4 is 17.3 Å². The van der Waals surface area contributed by atoms with Crippen LogP contribution in [-0.4, -0.2) is 5.11 Å². The first kappa shape index (κ1) is 9.91. The largest absolute Gasteiger partial charge is 0.358 e. The van der Waals surface area contributed by atoms with E-state index in [1.165, 1.54) is 5.56 Å². The Morgan fingerprint density at radius 1 is 1.31 bits per heavy atom. The van der Waals surface area contributed by atoms with Crippen LogP contribution in [0.5, 0.6) is 0 Å². The minimum absolute atomic E-state index is 0.478. The summed E-state index contributed by atoms with van der Waals surface area (Å²) in [6, 6.07) is 9.97. The lowest BCUT2D eigenvalue weighted by Crippen LogP contribution is -2.47. The second-order valence-electron chi connectivity index (χ2n) is 2.44. The van der Waals surface area contributed by atoms with E-state index in [1.807, 2.05) is 30.3 Å². The van der Waals surface area contributed by atoms with Crippen molar-refractivity contribution < 1.29 is 0 Å².